The first-order valence-corrected chi connectivity index (χ1v) is 8.77. The summed E-state index contributed by atoms with van der Waals surface area (Å²) in [5.41, 5.74) is 0. The van der Waals surface area contributed by atoms with Gasteiger partial charge in [-0.25, -0.2) is 8.42 Å². The fourth-order valence-corrected chi connectivity index (χ4v) is 4.36. The molecule has 1 N–H and O–H groups in total. The molecule has 1 heterocycles. The topological polar surface area (TPSA) is 58.6 Å². The Balaban J connectivity index is 2.50. The van der Waals surface area contributed by atoms with E-state index in [1.165, 1.54) is 0 Å². The second kappa shape index (κ2) is 8.19. The van der Waals surface area contributed by atoms with Crippen molar-refractivity contribution in [2.45, 2.75) is 39.2 Å². The molecule has 0 aromatic rings. The summed E-state index contributed by atoms with van der Waals surface area (Å²) in [6.07, 6.45) is 2.96. The van der Waals surface area contributed by atoms with E-state index in [0.29, 0.717) is 19.1 Å². The Morgan fingerprint density at radius 3 is 2.47 bits per heavy atom. The fourth-order valence-electron chi connectivity index (χ4n) is 2.50. The average Bonchev–Trinajstić information content (AvgIpc) is 2.37. The van der Waals surface area contributed by atoms with Crippen molar-refractivity contribution in [3.05, 3.63) is 0 Å². The molecule has 1 fully saturated rings. The third kappa shape index (κ3) is 5.77. The predicted molar refractivity (Wildman–Crippen MR) is 77.7 cm³/mol. The molecule has 5 nitrogen and oxygen atoms in total. The van der Waals surface area contributed by atoms with Crippen molar-refractivity contribution < 1.29 is 13.2 Å². The lowest BCUT2D eigenvalue weighted by Crippen LogP contribution is -2.41. The first-order valence-electron chi connectivity index (χ1n) is 7.16. The molecule has 0 saturated carbocycles. The van der Waals surface area contributed by atoms with Gasteiger partial charge in [-0.05, 0) is 52.1 Å². The lowest BCUT2D eigenvalue weighted by atomic mass is 9.96. The Kier molecular flexibility index (Phi) is 7.28. The van der Waals surface area contributed by atoms with E-state index >= 15 is 0 Å². The van der Waals surface area contributed by atoms with Gasteiger partial charge in [-0.1, -0.05) is 0 Å². The average molecular weight is 292 g/mol. The van der Waals surface area contributed by atoms with Gasteiger partial charge >= 0.3 is 0 Å². The summed E-state index contributed by atoms with van der Waals surface area (Å²) in [5, 5.41) is 3.30. The van der Waals surface area contributed by atoms with Crippen molar-refractivity contribution in [1.82, 2.24) is 9.62 Å². The minimum Gasteiger partial charge on any atom is -0.383 e. The van der Waals surface area contributed by atoms with Crippen LogP contribution in [-0.4, -0.2) is 57.9 Å². The second-order valence-corrected chi connectivity index (χ2v) is 7.54. The van der Waals surface area contributed by atoms with Crippen molar-refractivity contribution in [2.75, 3.05) is 39.1 Å². The normalized spacial score (nSPS) is 18.4. The third-order valence-corrected chi connectivity index (χ3v) is 5.76. The van der Waals surface area contributed by atoms with Crippen molar-refractivity contribution in [1.29, 1.82) is 0 Å². The number of rotatable bonds is 8. The van der Waals surface area contributed by atoms with Crippen molar-refractivity contribution in [2.24, 2.45) is 5.92 Å². The number of nitrogens with zero attached hydrogens (tertiary/aromatic N) is 1. The van der Waals surface area contributed by atoms with Gasteiger partial charge in [-0.15, -0.1) is 0 Å². The molecule has 0 aromatic heterocycles. The monoisotopic (exact) mass is 292 g/mol. The second-order valence-electron chi connectivity index (χ2n) is 5.50. The summed E-state index contributed by atoms with van der Waals surface area (Å²) in [6, 6.07) is -0.00632. The summed E-state index contributed by atoms with van der Waals surface area (Å²) in [7, 11) is -1.56. The van der Waals surface area contributed by atoms with Gasteiger partial charge in [0.05, 0.1) is 12.4 Å². The van der Waals surface area contributed by atoms with Crippen LogP contribution in [0.15, 0.2) is 0 Å². The van der Waals surface area contributed by atoms with E-state index in [0.717, 1.165) is 32.4 Å². The van der Waals surface area contributed by atoms with E-state index in [9.17, 15) is 8.42 Å². The molecular formula is C13H28N2O3S. The molecule has 6 heteroatoms. The van der Waals surface area contributed by atoms with Crippen LogP contribution in [0.1, 0.15) is 33.1 Å². The largest absolute Gasteiger partial charge is 0.383 e. The predicted octanol–water partition coefficient (Wildman–Crippen LogP) is 1.06. The molecule has 19 heavy (non-hydrogen) atoms. The van der Waals surface area contributed by atoms with Crippen LogP contribution in [0.2, 0.25) is 0 Å². The van der Waals surface area contributed by atoms with E-state index < -0.39 is 10.0 Å². The number of sulfonamides is 1. The summed E-state index contributed by atoms with van der Waals surface area (Å²) in [6.45, 7) is 6.76. The van der Waals surface area contributed by atoms with Gasteiger partial charge in [0.25, 0.3) is 0 Å². The highest BCUT2D eigenvalue weighted by molar-refractivity contribution is 7.89. The maximum Gasteiger partial charge on any atom is 0.214 e. The van der Waals surface area contributed by atoms with Crippen molar-refractivity contribution in [3.63, 3.8) is 0 Å². The minimum atomic E-state index is -3.16. The number of piperidine rings is 1. The molecule has 0 aromatic carbocycles. The van der Waals surface area contributed by atoms with Gasteiger partial charge in [0.2, 0.25) is 10.0 Å². The van der Waals surface area contributed by atoms with E-state index in [1.807, 2.05) is 13.8 Å². The quantitative estimate of drug-likeness (QED) is 0.727. The number of nitrogens with one attached hydrogen (secondary N) is 1. The summed E-state index contributed by atoms with van der Waals surface area (Å²) < 4.78 is 31.3. The molecule has 0 bridgehead atoms. The van der Waals surface area contributed by atoms with Gasteiger partial charge in [0.1, 0.15) is 0 Å². The molecule has 114 valence electrons. The van der Waals surface area contributed by atoms with Gasteiger partial charge in [-0.3, -0.25) is 0 Å². The van der Waals surface area contributed by atoms with Crippen LogP contribution in [0.25, 0.3) is 0 Å². The molecule has 0 aliphatic carbocycles. The smallest absolute Gasteiger partial charge is 0.214 e. The van der Waals surface area contributed by atoms with Gasteiger partial charge in [-0.2, -0.15) is 4.31 Å². The number of ether oxygens (including phenoxy) is 1. The molecule has 0 unspecified atom stereocenters. The van der Waals surface area contributed by atoms with Crippen LogP contribution in [0, 0.1) is 5.92 Å². The van der Waals surface area contributed by atoms with Crippen LogP contribution in [0.5, 0.6) is 0 Å². The SMILES string of the molecule is COCCN(C(C)C)S(=O)(=O)CCC1CCNCC1. The van der Waals surface area contributed by atoms with Gasteiger partial charge in [0, 0.05) is 19.7 Å². The van der Waals surface area contributed by atoms with E-state index in [1.54, 1.807) is 11.4 Å². The van der Waals surface area contributed by atoms with Crippen LogP contribution in [-0.2, 0) is 14.8 Å². The summed E-state index contributed by atoms with van der Waals surface area (Å²) in [5.74, 6) is 0.812. The van der Waals surface area contributed by atoms with Crippen molar-refractivity contribution >= 4 is 10.0 Å². The van der Waals surface area contributed by atoms with Crippen molar-refractivity contribution in [3.8, 4) is 0 Å². The summed E-state index contributed by atoms with van der Waals surface area (Å²) in [4.78, 5) is 0. The Bertz CT molecular complexity index is 338. The Hall–Kier alpha value is -0.170. The molecule has 0 radical (unpaired) electrons. The number of hydrogen-bond acceptors (Lipinski definition) is 4. The standard InChI is InChI=1S/C13H28N2O3S/c1-12(2)15(9-10-18-3)19(16,17)11-6-13-4-7-14-8-5-13/h12-14H,4-11H2,1-3H3. The van der Waals surface area contributed by atoms with Crippen LogP contribution in [0.3, 0.4) is 0 Å². The first-order chi connectivity index (χ1) is 8.97. The molecule has 1 rings (SSSR count). The fraction of sp³-hybridized carbons (Fsp3) is 1.00. The Morgan fingerprint density at radius 2 is 1.95 bits per heavy atom. The maximum atomic E-state index is 12.4. The lowest BCUT2D eigenvalue weighted by Gasteiger charge is -2.27. The van der Waals surface area contributed by atoms with E-state index in [-0.39, 0.29) is 11.8 Å². The maximum absolute atomic E-state index is 12.4. The van der Waals surface area contributed by atoms with Gasteiger partial charge in [0.15, 0.2) is 0 Å². The minimum absolute atomic E-state index is 0.00632. The first kappa shape index (κ1) is 16.9. The number of methoxy groups -OCH3 is 1. The number of hydrogen-bond donors (Lipinski definition) is 1. The summed E-state index contributed by atoms with van der Waals surface area (Å²) >= 11 is 0. The zero-order chi connectivity index (χ0) is 14.3. The highest BCUT2D eigenvalue weighted by Crippen LogP contribution is 2.18. The zero-order valence-electron chi connectivity index (χ0n) is 12.4. The van der Waals surface area contributed by atoms with E-state index in [2.05, 4.69) is 5.32 Å². The molecular weight excluding hydrogens is 264 g/mol. The Morgan fingerprint density at radius 1 is 1.32 bits per heavy atom. The molecule has 1 aliphatic heterocycles. The zero-order valence-corrected chi connectivity index (χ0v) is 13.2. The lowest BCUT2D eigenvalue weighted by molar-refractivity contribution is 0.170. The van der Waals surface area contributed by atoms with Gasteiger partial charge < -0.3 is 10.1 Å². The van der Waals surface area contributed by atoms with E-state index in [4.69, 9.17) is 4.74 Å². The molecule has 0 atom stereocenters. The van der Waals surface area contributed by atoms with Crippen LogP contribution >= 0.6 is 0 Å². The third-order valence-electron chi connectivity index (χ3n) is 3.69. The highest BCUT2D eigenvalue weighted by Gasteiger charge is 2.26. The molecule has 1 saturated heterocycles. The van der Waals surface area contributed by atoms with Crippen LogP contribution in [0.4, 0.5) is 0 Å². The Labute approximate surface area is 117 Å². The molecule has 0 spiro atoms. The molecule has 1 aliphatic rings. The molecule has 0 amide bonds. The van der Waals surface area contributed by atoms with Crippen LogP contribution < -0.4 is 5.32 Å². The highest BCUT2D eigenvalue weighted by atomic mass is 32.2.